The number of rotatable bonds is 9. The third-order valence-corrected chi connectivity index (χ3v) is 3.13. The molecular weight excluding hydrogens is 360 g/mol. The van der Waals surface area contributed by atoms with Gasteiger partial charge < -0.3 is 21.7 Å². The number of amidine groups is 2. The maximum absolute atomic E-state index is 11.1. The number of hydrogen-bond acceptors (Lipinski definition) is 10. The minimum Gasteiger partial charge on any atom is -0.464 e. The lowest BCUT2D eigenvalue weighted by atomic mass is 10.3. The molecule has 1 unspecified atom stereocenters. The van der Waals surface area contributed by atoms with Gasteiger partial charge in [0.05, 0.1) is 12.6 Å². The van der Waals surface area contributed by atoms with Crippen molar-refractivity contribution in [2.45, 2.75) is 13.0 Å². The van der Waals surface area contributed by atoms with Gasteiger partial charge in [0.2, 0.25) is 0 Å². The summed E-state index contributed by atoms with van der Waals surface area (Å²) < 4.78 is 9.83. The predicted molar refractivity (Wildman–Crippen MR) is 77.4 cm³/mol. The van der Waals surface area contributed by atoms with Crippen LogP contribution in [0.5, 0.6) is 0 Å². The van der Waals surface area contributed by atoms with Crippen molar-refractivity contribution in [1.29, 1.82) is 10.8 Å². The maximum atomic E-state index is 11.1. The molecule has 0 rings (SSSR count). The maximum Gasteiger partial charge on any atom is 0.419 e. The van der Waals surface area contributed by atoms with Crippen molar-refractivity contribution in [2.24, 2.45) is 11.5 Å². The van der Waals surface area contributed by atoms with Crippen LogP contribution >= 0.6 is 24.5 Å². The molecule has 0 fully saturated rings. The first-order chi connectivity index (χ1) is 10.6. The Morgan fingerprint density at radius 2 is 1.57 bits per heavy atom. The lowest BCUT2D eigenvalue weighted by molar-refractivity contribution is -0.103. The first-order valence-electron chi connectivity index (χ1n) is 5.38. The molecule has 0 aromatic rings. The van der Waals surface area contributed by atoms with E-state index < -0.39 is 30.3 Å². The fourth-order valence-electron chi connectivity index (χ4n) is 0.922. The highest BCUT2D eigenvalue weighted by Crippen LogP contribution is 2.20. The molecule has 0 bridgehead atoms. The normalized spacial score (nSPS) is 11.2. The molecule has 0 aromatic carbocycles. The predicted octanol–water partition coefficient (Wildman–Crippen LogP) is 0.145. The van der Waals surface area contributed by atoms with Crippen molar-refractivity contribution in [3.05, 3.63) is 0 Å². The van der Waals surface area contributed by atoms with Gasteiger partial charge in [0, 0.05) is 0 Å². The molecule has 0 aliphatic heterocycles. The van der Waals surface area contributed by atoms with E-state index in [-0.39, 0.29) is 31.0 Å². The number of carbonyl (C=O) groups is 2. The van der Waals surface area contributed by atoms with Gasteiger partial charge >= 0.3 is 24.2 Å². The van der Waals surface area contributed by atoms with Crippen molar-refractivity contribution in [3.63, 3.8) is 0 Å². The molecule has 0 heterocycles. The number of hydrogen-bond donors (Lipinski definition) is 6. The standard InChI is InChI=1S/C7H14N6O8S2/c1-3(13(7(16)17)23-21-19-5(10)11)2-12(6(14)15)22-20-18-4(8)9/h3H,2H2,1H3,(H3,8,9)(H3,10,11)(H,14,15)(H,16,17). The molecule has 0 aromatic heterocycles. The van der Waals surface area contributed by atoms with Crippen LogP contribution in [0.1, 0.15) is 6.92 Å². The van der Waals surface area contributed by atoms with E-state index in [0.29, 0.717) is 8.61 Å². The molecule has 23 heavy (non-hydrogen) atoms. The SMILES string of the molecule is CC(CN(SOOC(=N)N)C(=O)O)N(SOOC(=N)N)C(=O)O. The highest BCUT2D eigenvalue weighted by atomic mass is 32.2. The molecule has 8 N–H and O–H groups in total. The van der Waals surface area contributed by atoms with Crippen LogP contribution in [0.4, 0.5) is 9.59 Å². The Kier molecular flexibility index (Phi) is 9.39. The average Bonchev–Trinajstić information content (AvgIpc) is 2.40. The van der Waals surface area contributed by atoms with E-state index in [2.05, 4.69) is 18.4 Å². The lowest BCUT2D eigenvalue weighted by Crippen LogP contribution is -2.41. The largest absolute Gasteiger partial charge is 0.464 e. The Bertz CT molecular complexity index is 453. The van der Waals surface area contributed by atoms with Gasteiger partial charge in [0.25, 0.3) is 0 Å². The van der Waals surface area contributed by atoms with Gasteiger partial charge in [-0.15, -0.1) is 0 Å². The zero-order chi connectivity index (χ0) is 18.0. The molecule has 0 saturated heterocycles. The third-order valence-electron chi connectivity index (χ3n) is 1.71. The van der Waals surface area contributed by atoms with Crippen molar-refractivity contribution >= 4 is 48.7 Å². The van der Waals surface area contributed by atoms with Crippen LogP contribution in [0.2, 0.25) is 0 Å². The molecule has 132 valence electrons. The van der Waals surface area contributed by atoms with E-state index in [4.69, 9.17) is 32.5 Å². The minimum absolute atomic E-state index is 0.180. The fourth-order valence-corrected chi connectivity index (χ4v) is 1.89. The third kappa shape index (κ3) is 9.34. The molecule has 0 spiro atoms. The van der Waals surface area contributed by atoms with E-state index in [1.54, 1.807) is 0 Å². The van der Waals surface area contributed by atoms with Crippen molar-refractivity contribution in [3.8, 4) is 0 Å². The second-order valence-corrected chi connectivity index (χ2v) is 4.89. The molecule has 0 saturated carbocycles. The van der Waals surface area contributed by atoms with E-state index in [0.717, 1.165) is 0 Å². The smallest absolute Gasteiger partial charge is 0.419 e. The van der Waals surface area contributed by atoms with E-state index in [9.17, 15) is 9.59 Å². The van der Waals surface area contributed by atoms with E-state index in [1.807, 2.05) is 0 Å². The number of nitrogens with zero attached hydrogens (tertiary/aromatic N) is 2. The monoisotopic (exact) mass is 374 g/mol. The fraction of sp³-hybridized carbons (Fsp3) is 0.429. The second kappa shape index (κ2) is 10.4. The number of carboxylic acid groups (broad SMARTS) is 2. The van der Waals surface area contributed by atoms with Crippen molar-refractivity contribution < 1.29 is 38.2 Å². The first-order valence-corrected chi connectivity index (χ1v) is 6.78. The van der Waals surface area contributed by atoms with Gasteiger partial charge in [0.15, 0.2) is 24.5 Å². The van der Waals surface area contributed by atoms with Crippen LogP contribution in [0.25, 0.3) is 0 Å². The van der Waals surface area contributed by atoms with Crippen LogP contribution in [0.3, 0.4) is 0 Å². The molecule has 0 aliphatic rings. The summed E-state index contributed by atoms with van der Waals surface area (Å²) in [5.74, 6) is 0. The van der Waals surface area contributed by atoms with Crippen LogP contribution in [-0.2, 0) is 18.4 Å². The van der Waals surface area contributed by atoms with Crippen LogP contribution < -0.4 is 11.5 Å². The second-order valence-electron chi connectivity index (χ2n) is 3.48. The number of nitrogens with one attached hydrogen (secondary N) is 2. The summed E-state index contributed by atoms with van der Waals surface area (Å²) in [6, 6.07) is -2.53. The molecule has 0 radical (unpaired) electrons. The summed E-state index contributed by atoms with van der Waals surface area (Å²) in [7, 11) is 0. The number of nitrogens with two attached hydrogens (primary N) is 2. The molecule has 16 heteroatoms. The Morgan fingerprint density at radius 1 is 1.09 bits per heavy atom. The zero-order valence-electron chi connectivity index (χ0n) is 11.5. The van der Waals surface area contributed by atoms with Crippen LogP contribution in [0, 0.1) is 10.8 Å². The minimum atomic E-state index is -1.47. The topological polar surface area (TPSA) is 218 Å². The molecule has 1 atom stereocenters. The van der Waals surface area contributed by atoms with Gasteiger partial charge in [-0.2, -0.15) is 0 Å². The summed E-state index contributed by atoms with van der Waals surface area (Å²) in [6.07, 6.45) is -2.93. The van der Waals surface area contributed by atoms with Crippen molar-refractivity contribution in [2.75, 3.05) is 6.54 Å². The van der Waals surface area contributed by atoms with E-state index in [1.165, 1.54) is 6.92 Å². The number of amides is 2. The van der Waals surface area contributed by atoms with Gasteiger partial charge in [-0.1, -0.05) is 8.67 Å². The van der Waals surface area contributed by atoms with Gasteiger partial charge in [-0.05, 0) is 6.92 Å². The Balaban J connectivity index is 4.60. The average molecular weight is 374 g/mol. The summed E-state index contributed by atoms with van der Waals surface area (Å²) in [6.45, 7) is 0.991. The zero-order valence-corrected chi connectivity index (χ0v) is 13.1. The highest BCUT2D eigenvalue weighted by molar-refractivity contribution is 7.93. The quantitative estimate of drug-likeness (QED) is 0.0792. The Hall–Kier alpha value is -2.30. The van der Waals surface area contributed by atoms with Crippen molar-refractivity contribution in [1.82, 2.24) is 8.61 Å². The molecular formula is C7H14N6O8S2. The van der Waals surface area contributed by atoms with Crippen LogP contribution in [0.15, 0.2) is 0 Å². The van der Waals surface area contributed by atoms with Gasteiger partial charge in [0.1, 0.15) is 0 Å². The summed E-state index contributed by atoms with van der Waals surface area (Å²) in [4.78, 5) is 30.3. The first kappa shape index (κ1) is 20.7. The summed E-state index contributed by atoms with van der Waals surface area (Å²) in [5, 5.41) is 31.5. The summed E-state index contributed by atoms with van der Waals surface area (Å²) >= 11 is 0.364. The molecule has 14 nitrogen and oxygen atoms in total. The van der Waals surface area contributed by atoms with Crippen LogP contribution in [-0.4, -0.2) is 55.6 Å². The van der Waals surface area contributed by atoms with E-state index >= 15 is 0 Å². The van der Waals surface area contributed by atoms with Gasteiger partial charge in [-0.25, -0.2) is 29.0 Å². The molecule has 2 amide bonds. The molecule has 0 aliphatic carbocycles. The Labute approximate surface area is 138 Å². The van der Waals surface area contributed by atoms with Gasteiger partial charge in [-0.3, -0.25) is 9.78 Å². The summed E-state index contributed by atoms with van der Waals surface area (Å²) in [5.41, 5.74) is 9.67. The highest BCUT2D eigenvalue weighted by Gasteiger charge is 2.27. The lowest BCUT2D eigenvalue weighted by Gasteiger charge is -2.26. The Morgan fingerprint density at radius 3 is 1.96 bits per heavy atom.